The van der Waals surface area contributed by atoms with Crippen molar-refractivity contribution in [2.45, 2.75) is 38.8 Å². The van der Waals surface area contributed by atoms with Crippen LogP contribution in [0.2, 0.25) is 0 Å². The van der Waals surface area contributed by atoms with Gasteiger partial charge in [0, 0.05) is 25.2 Å². The highest BCUT2D eigenvalue weighted by Gasteiger charge is 2.22. The number of rotatable bonds is 2. The molecule has 1 atom stereocenters. The van der Waals surface area contributed by atoms with Gasteiger partial charge >= 0.3 is 6.03 Å². The van der Waals surface area contributed by atoms with Crippen LogP contribution in [-0.2, 0) is 0 Å². The number of anilines is 1. The highest BCUT2D eigenvalue weighted by molar-refractivity contribution is 5.88. The lowest BCUT2D eigenvalue weighted by Crippen LogP contribution is -2.44. The summed E-state index contributed by atoms with van der Waals surface area (Å²) in [6.45, 7) is 5.11. The van der Waals surface area contributed by atoms with Crippen molar-refractivity contribution in [2.75, 3.05) is 18.4 Å². The van der Waals surface area contributed by atoms with Crippen molar-refractivity contribution in [2.24, 2.45) is 0 Å². The normalized spacial score (nSPS) is 20.2. The third kappa shape index (κ3) is 2.81. The van der Waals surface area contributed by atoms with Gasteiger partial charge in [0.05, 0.1) is 12.3 Å². The fourth-order valence-electron chi connectivity index (χ4n) is 2.15. The molecule has 6 heteroatoms. The molecule has 1 unspecified atom stereocenters. The summed E-state index contributed by atoms with van der Waals surface area (Å²) in [7, 11) is 0. The van der Waals surface area contributed by atoms with Gasteiger partial charge in [-0.25, -0.2) is 9.48 Å². The first-order valence-corrected chi connectivity index (χ1v) is 6.35. The van der Waals surface area contributed by atoms with Crippen LogP contribution in [0.5, 0.6) is 0 Å². The molecule has 1 aromatic rings. The lowest BCUT2D eigenvalue weighted by molar-refractivity contribution is 0.0883. The van der Waals surface area contributed by atoms with E-state index in [0.29, 0.717) is 18.9 Å². The molecule has 0 aromatic carbocycles. The zero-order valence-electron chi connectivity index (χ0n) is 10.8. The van der Waals surface area contributed by atoms with Crippen molar-refractivity contribution < 1.29 is 9.90 Å². The summed E-state index contributed by atoms with van der Waals surface area (Å²) in [4.78, 5) is 13.7. The molecule has 0 bridgehead atoms. The summed E-state index contributed by atoms with van der Waals surface area (Å²) in [6.07, 6.45) is 2.88. The minimum Gasteiger partial charge on any atom is -0.391 e. The van der Waals surface area contributed by atoms with Gasteiger partial charge in [-0.05, 0) is 26.7 Å². The third-order valence-corrected chi connectivity index (χ3v) is 3.08. The molecule has 2 heterocycles. The van der Waals surface area contributed by atoms with Crippen molar-refractivity contribution in [1.82, 2.24) is 14.7 Å². The van der Waals surface area contributed by atoms with Gasteiger partial charge in [-0.15, -0.1) is 0 Å². The minimum atomic E-state index is -0.403. The number of aliphatic hydroxyl groups is 1. The van der Waals surface area contributed by atoms with Gasteiger partial charge in [0.15, 0.2) is 0 Å². The lowest BCUT2D eigenvalue weighted by Gasteiger charge is -2.30. The summed E-state index contributed by atoms with van der Waals surface area (Å²) in [5.41, 5.74) is 0. The second-order valence-corrected chi connectivity index (χ2v) is 4.93. The van der Waals surface area contributed by atoms with Crippen LogP contribution in [0, 0.1) is 0 Å². The van der Waals surface area contributed by atoms with Crippen LogP contribution in [0.15, 0.2) is 12.3 Å². The van der Waals surface area contributed by atoms with E-state index in [-0.39, 0.29) is 12.1 Å². The SMILES string of the molecule is CC(C)n1nccc1NC(=O)N1CCCC(O)C1. The van der Waals surface area contributed by atoms with Gasteiger partial charge in [0.25, 0.3) is 0 Å². The Labute approximate surface area is 107 Å². The van der Waals surface area contributed by atoms with Crippen molar-refractivity contribution >= 4 is 11.8 Å². The topological polar surface area (TPSA) is 70.4 Å². The Bertz CT molecular complexity index is 416. The Morgan fingerprint density at radius 3 is 3.06 bits per heavy atom. The van der Waals surface area contributed by atoms with Gasteiger partial charge < -0.3 is 10.0 Å². The summed E-state index contributed by atoms with van der Waals surface area (Å²) in [5.74, 6) is 0.690. The average Bonchev–Trinajstić information content (AvgIpc) is 2.77. The number of amides is 2. The standard InChI is InChI=1S/C12H20N4O2/c1-9(2)16-11(5-6-13-16)14-12(18)15-7-3-4-10(17)8-15/h5-6,9-10,17H,3-4,7-8H2,1-2H3,(H,14,18). The van der Waals surface area contributed by atoms with Gasteiger partial charge in [-0.3, -0.25) is 5.32 Å². The molecular weight excluding hydrogens is 232 g/mol. The number of urea groups is 1. The number of β-amino-alcohol motifs (C(OH)–C–C–N with tert-alkyl or cyclic N) is 1. The third-order valence-electron chi connectivity index (χ3n) is 3.08. The monoisotopic (exact) mass is 252 g/mol. The van der Waals surface area contributed by atoms with Crippen LogP contribution in [-0.4, -0.2) is 45.0 Å². The van der Waals surface area contributed by atoms with Crippen molar-refractivity contribution in [1.29, 1.82) is 0 Å². The predicted octanol–water partition coefficient (Wildman–Crippen LogP) is 1.45. The summed E-state index contributed by atoms with van der Waals surface area (Å²) in [5, 5.41) is 16.6. The number of nitrogens with one attached hydrogen (secondary N) is 1. The van der Waals surface area contributed by atoms with Crippen LogP contribution in [0.25, 0.3) is 0 Å². The molecule has 0 spiro atoms. The second kappa shape index (κ2) is 5.39. The zero-order valence-corrected chi connectivity index (χ0v) is 10.8. The number of aromatic nitrogens is 2. The first-order chi connectivity index (χ1) is 8.58. The summed E-state index contributed by atoms with van der Waals surface area (Å²) < 4.78 is 1.76. The Morgan fingerprint density at radius 1 is 1.61 bits per heavy atom. The van der Waals surface area contributed by atoms with Crippen LogP contribution in [0.3, 0.4) is 0 Å². The van der Waals surface area contributed by atoms with Crippen LogP contribution >= 0.6 is 0 Å². The minimum absolute atomic E-state index is 0.170. The molecule has 0 radical (unpaired) electrons. The van der Waals surface area contributed by atoms with E-state index in [9.17, 15) is 9.90 Å². The van der Waals surface area contributed by atoms with Gasteiger partial charge in [-0.1, -0.05) is 0 Å². The Morgan fingerprint density at radius 2 is 2.39 bits per heavy atom. The van der Waals surface area contributed by atoms with E-state index in [1.807, 2.05) is 13.8 Å². The van der Waals surface area contributed by atoms with Crippen LogP contribution < -0.4 is 5.32 Å². The maximum atomic E-state index is 12.0. The Kier molecular flexibility index (Phi) is 3.86. The highest BCUT2D eigenvalue weighted by atomic mass is 16.3. The van der Waals surface area contributed by atoms with E-state index in [1.54, 1.807) is 21.8 Å². The molecule has 1 saturated heterocycles. The van der Waals surface area contributed by atoms with Gasteiger partial charge in [-0.2, -0.15) is 5.10 Å². The van der Waals surface area contributed by atoms with Gasteiger partial charge in [0.2, 0.25) is 0 Å². The fraction of sp³-hybridized carbons (Fsp3) is 0.667. The molecule has 100 valence electrons. The summed E-state index contributed by atoms with van der Waals surface area (Å²) >= 11 is 0. The van der Waals surface area contributed by atoms with E-state index < -0.39 is 6.10 Å². The highest BCUT2D eigenvalue weighted by Crippen LogP contribution is 2.15. The van der Waals surface area contributed by atoms with E-state index >= 15 is 0 Å². The first-order valence-electron chi connectivity index (χ1n) is 6.35. The number of hydrogen-bond acceptors (Lipinski definition) is 3. The number of likely N-dealkylation sites (tertiary alicyclic amines) is 1. The lowest BCUT2D eigenvalue weighted by atomic mass is 10.1. The molecule has 1 aromatic heterocycles. The number of aliphatic hydroxyl groups excluding tert-OH is 1. The van der Waals surface area contributed by atoms with E-state index in [2.05, 4.69) is 10.4 Å². The van der Waals surface area contributed by atoms with Gasteiger partial charge in [0.1, 0.15) is 5.82 Å². The molecule has 1 fully saturated rings. The number of carbonyl (C=O) groups excluding carboxylic acids is 1. The molecule has 2 rings (SSSR count). The molecule has 6 nitrogen and oxygen atoms in total. The molecule has 1 aliphatic rings. The average molecular weight is 252 g/mol. The number of piperidine rings is 1. The van der Waals surface area contributed by atoms with E-state index in [4.69, 9.17) is 0 Å². The van der Waals surface area contributed by atoms with E-state index in [1.165, 1.54) is 0 Å². The predicted molar refractivity (Wildman–Crippen MR) is 68.4 cm³/mol. The van der Waals surface area contributed by atoms with Crippen LogP contribution in [0.4, 0.5) is 10.6 Å². The molecule has 0 aliphatic carbocycles. The van der Waals surface area contributed by atoms with Crippen LogP contribution in [0.1, 0.15) is 32.7 Å². The Balaban J connectivity index is 2.00. The molecule has 0 saturated carbocycles. The first kappa shape index (κ1) is 12.9. The maximum Gasteiger partial charge on any atom is 0.323 e. The number of carbonyl (C=O) groups is 1. The maximum absolute atomic E-state index is 12.0. The smallest absolute Gasteiger partial charge is 0.323 e. The molecule has 1 aliphatic heterocycles. The number of hydrogen-bond donors (Lipinski definition) is 2. The van der Waals surface area contributed by atoms with Crippen molar-refractivity contribution in [3.8, 4) is 0 Å². The second-order valence-electron chi connectivity index (χ2n) is 4.93. The van der Waals surface area contributed by atoms with Crippen molar-refractivity contribution in [3.05, 3.63) is 12.3 Å². The number of nitrogens with zero attached hydrogens (tertiary/aromatic N) is 3. The molecule has 18 heavy (non-hydrogen) atoms. The zero-order chi connectivity index (χ0) is 13.1. The molecule has 2 amide bonds. The quantitative estimate of drug-likeness (QED) is 0.837. The van der Waals surface area contributed by atoms with E-state index in [0.717, 1.165) is 12.8 Å². The largest absolute Gasteiger partial charge is 0.391 e. The Hall–Kier alpha value is -1.56. The molecular formula is C12H20N4O2. The molecule has 2 N–H and O–H groups in total. The summed E-state index contributed by atoms with van der Waals surface area (Å²) in [6, 6.07) is 1.80. The van der Waals surface area contributed by atoms with Crippen molar-refractivity contribution in [3.63, 3.8) is 0 Å². The fourth-order valence-corrected chi connectivity index (χ4v) is 2.15.